The van der Waals surface area contributed by atoms with Crippen LogP contribution in [0.5, 0.6) is 5.75 Å². The van der Waals surface area contributed by atoms with E-state index in [0.29, 0.717) is 0 Å². The molecule has 2 aromatic rings. The van der Waals surface area contributed by atoms with Crippen molar-refractivity contribution in [1.29, 1.82) is 0 Å². The fourth-order valence-electron chi connectivity index (χ4n) is 2.14. The molecule has 0 saturated heterocycles. The first-order valence-electron chi connectivity index (χ1n) is 8.44. The van der Waals surface area contributed by atoms with Crippen molar-refractivity contribution in [3.05, 3.63) is 28.9 Å². The van der Waals surface area contributed by atoms with Gasteiger partial charge in [0.2, 0.25) is 8.32 Å². The minimum Gasteiger partial charge on any atom is -0.543 e. The van der Waals surface area contributed by atoms with Gasteiger partial charge in [-0.15, -0.1) is 0 Å². The van der Waals surface area contributed by atoms with Gasteiger partial charge in [-0.25, -0.2) is 4.79 Å². The van der Waals surface area contributed by atoms with Crippen molar-refractivity contribution in [3.8, 4) is 5.75 Å². The number of rotatable bonds is 2. The zero-order valence-electron chi connectivity index (χ0n) is 16.4. The summed E-state index contributed by atoms with van der Waals surface area (Å²) in [5, 5.41) is 1.06. The molecule has 1 aromatic heterocycles. The lowest BCUT2D eigenvalue weighted by atomic mass is 10.2. The van der Waals surface area contributed by atoms with Gasteiger partial charge in [-0.3, -0.25) is 4.57 Å². The molecule has 0 bridgehead atoms. The van der Waals surface area contributed by atoms with E-state index in [9.17, 15) is 4.79 Å². The first kappa shape index (κ1) is 20.0. The number of hydrogen-bond acceptors (Lipinski definition) is 3. The molecule has 4 nitrogen and oxygen atoms in total. The van der Waals surface area contributed by atoms with Crippen molar-refractivity contribution >= 4 is 41.2 Å². The zero-order chi connectivity index (χ0) is 19.2. The van der Waals surface area contributed by atoms with Crippen LogP contribution in [0.4, 0.5) is 4.79 Å². The van der Waals surface area contributed by atoms with Gasteiger partial charge in [0.1, 0.15) is 11.4 Å². The van der Waals surface area contributed by atoms with Gasteiger partial charge in [-0.2, -0.15) is 0 Å². The van der Waals surface area contributed by atoms with Crippen molar-refractivity contribution in [2.45, 2.75) is 65.3 Å². The molecule has 0 fully saturated rings. The highest BCUT2D eigenvalue weighted by Gasteiger charge is 2.39. The highest BCUT2D eigenvalue weighted by Crippen LogP contribution is 2.38. The quantitative estimate of drug-likeness (QED) is 0.510. The minimum atomic E-state index is -1.91. The van der Waals surface area contributed by atoms with Crippen molar-refractivity contribution in [1.82, 2.24) is 4.57 Å². The molecular weight excluding hydrogens is 398 g/mol. The molecule has 2 rings (SSSR count). The smallest absolute Gasteiger partial charge is 0.419 e. The maximum Gasteiger partial charge on any atom is 0.419 e. The fourth-order valence-corrected chi connectivity index (χ4v) is 3.69. The van der Waals surface area contributed by atoms with Crippen LogP contribution in [-0.4, -0.2) is 24.6 Å². The normalized spacial score (nSPS) is 13.2. The summed E-state index contributed by atoms with van der Waals surface area (Å²) in [5.41, 5.74) is 0.259. The summed E-state index contributed by atoms with van der Waals surface area (Å²) in [7, 11) is -1.91. The maximum absolute atomic E-state index is 12.4. The van der Waals surface area contributed by atoms with Gasteiger partial charge in [-0.1, -0.05) is 20.8 Å². The van der Waals surface area contributed by atoms with Crippen LogP contribution in [0.25, 0.3) is 10.9 Å². The molecule has 1 heterocycles. The lowest BCUT2D eigenvalue weighted by Gasteiger charge is -2.36. The molecule has 0 aliphatic carbocycles. The third-order valence-electron chi connectivity index (χ3n) is 4.50. The van der Waals surface area contributed by atoms with E-state index in [2.05, 4.69) is 49.8 Å². The maximum atomic E-state index is 12.4. The monoisotopic (exact) mass is 425 g/mol. The molecule has 6 heteroatoms. The van der Waals surface area contributed by atoms with Crippen LogP contribution in [0, 0.1) is 0 Å². The van der Waals surface area contributed by atoms with E-state index in [1.807, 2.05) is 39.0 Å². The van der Waals surface area contributed by atoms with E-state index in [1.54, 1.807) is 6.20 Å². The number of carbonyl (C=O) groups excluding carboxylic acids is 1. The van der Waals surface area contributed by atoms with E-state index in [1.165, 1.54) is 4.57 Å². The van der Waals surface area contributed by atoms with Crippen LogP contribution >= 0.6 is 15.9 Å². The number of ether oxygens (including phenoxy) is 1. The predicted molar refractivity (Wildman–Crippen MR) is 109 cm³/mol. The molecule has 0 saturated carbocycles. The fraction of sp³-hybridized carbons (Fsp3) is 0.526. The summed E-state index contributed by atoms with van der Waals surface area (Å²) in [5.74, 6) is 0.835. The number of halogens is 1. The SMILES string of the molecule is CC(C)(C)OC(=O)n1cc(Br)c2cc(O[Si](C)(C)C(C)(C)C)ccc21. The third-order valence-corrected chi connectivity index (χ3v) is 9.49. The van der Waals surface area contributed by atoms with E-state index in [0.717, 1.165) is 21.1 Å². The Kier molecular flexibility index (Phi) is 5.19. The highest BCUT2D eigenvalue weighted by atomic mass is 79.9. The van der Waals surface area contributed by atoms with Crippen LogP contribution in [0.3, 0.4) is 0 Å². The zero-order valence-corrected chi connectivity index (χ0v) is 18.9. The topological polar surface area (TPSA) is 40.5 Å². The van der Waals surface area contributed by atoms with E-state index in [4.69, 9.17) is 9.16 Å². The molecule has 138 valence electrons. The van der Waals surface area contributed by atoms with Gasteiger partial charge in [0, 0.05) is 16.1 Å². The molecule has 1 aromatic carbocycles. The van der Waals surface area contributed by atoms with Crippen molar-refractivity contribution in [3.63, 3.8) is 0 Å². The van der Waals surface area contributed by atoms with E-state index < -0.39 is 13.9 Å². The first-order valence-corrected chi connectivity index (χ1v) is 12.1. The van der Waals surface area contributed by atoms with Gasteiger partial charge in [0.15, 0.2) is 0 Å². The van der Waals surface area contributed by atoms with Crippen LogP contribution in [0.2, 0.25) is 18.1 Å². The van der Waals surface area contributed by atoms with Crippen molar-refractivity contribution in [2.75, 3.05) is 0 Å². The predicted octanol–water partition coefficient (Wildman–Crippen LogP) is 6.57. The molecule has 0 N–H and O–H groups in total. The molecule has 0 spiro atoms. The van der Waals surface area contributed by atoms with E-state index in [-0.39, 0.29) is 11.1 Å². The second kappa shape index (κ2) is 6.47. The Morgan fingerprint density at radius 3 is 2.24 bits per heavy atom. The largest absolute Gasteiger partial charge is 0.543 e. The Hall–Kier alpha value is -1.27. The molecular formula is C19H28BrNO3Si. The summed E-state index contributed by atoms with van der Waals surface area (Å²) in [6.07, 6.45) is 1.36. The average Bonchev–Trinajstić information content (AvgIpc) is 2.72. The molecule has 0 atom stereocenters. The summed E-state index contributed by atoms with van der Waals surface area (Å²) in [4.78, 5) is 12.4. The van der Waals surface area contributed by atoms with Crippen molar-refractivity contribution in [2.24, 2.45) is 0 Å². The van der Waals surface area contributed by atoms with Gasteiger partial charge < -0.3 is 9.16 Å². The molecule has 25 heavy (non-hydrogen) atoms. The molecule has 0 aliphatic heterocycles. The molecule has 0 radical (unpaired) electrons. The average molecular weight is 426 g/mol. The Balaban J connectivity index is 2.40. The number of hydrogen-bond donors (Lipinski definition) is 0. The second-order valence-corrected chi connectivity index (χ2v) is 14.4. The number of fused-ring (bicyclic) bond motifs is 1. The van der Waals surface area contributed by atoms with Gasteiger partial charge in [0.25, 0.3) is 0 Å². The van der Waals surface area contributed by atoms with E-state index >= 15 is 0 Å². The number of benzene rings is 1. The summed E-state index contributed by atoms with van der Waals surface area (Å²) >= 11 is 3.55. The minimum absolute atomic E-state index is 0.127. The lowest BCUT2D eigenvalue weighted by Crippen LogP contribution is -2.43. The second-order valence-electron chi connectivity index (χ2n) is 8.87. The summed E-state index contributed by atoms with van der Waals surface area (Å²) in [6.45, 7) is 16.7. The van der Waals surface area contributed by atoms with Crippen molar-refractivity contribution < 1.29 is 14.0 Å². The molecule has 0 aliphatic rings. The Bertz CT molecular complexity index is 797. The standard InChI is InChI=1S/C19H28BrNO3Si/c1-18(2,3)23-17(22)21-12-15(20)14-11-13(9-10-16(14)21)24-25(7,8)19(4,5)6/h9-12H,1-8H3. The Morgan fingerprint density at radius 2 is 1.72 bits per heavy atom. The summed E-state index contributed by atoms with van der Waals surface area (Å²) in [6, 6.07) is 5.82. The number of aromatic nitrogens is 1. The molecule has 0 unspecified atom stereocenters. The van der Waals surface area contributed by atoms with Gasteiger partial charge in [0.05, 0.1) is 5.52 Å². The lowest BCUT2D eigenvalue weighted by molar-refractivity contribution is 0.0544. The Morgan fingerprint density at radius 1 is 1.12 bits per heavy atom. The summed E-state index contributed by atoms with van der Waals surface area (Å²) < 4.78 is 14.2. The first-order chi connectivity index (χ1) is 11.2. The number of carbonyl (C=O) groups is 1. The van der Waals surface area contributed by atoms with Gasteiger partial charge >= 0.3 is 6.09 Å². The van der Waals surface area contributed by atoms with Crippen LogP contribution in [0.1, 0.15) is 41.5 Å². The van der Waals surface area contributed by atoms with Gasteiger partial charge in [-0.05, 0) is 73.0 Å². The Labute approximate surface area is 159 Å². The highest BCUT2D eigenvalue weighted by molar-refractivity contribution is 9.10. The van der Waals surface area contributed by atoms with Crippen LogP contribution in [0.15, 0.2) is 28.9 Å². The third kappa shape index (κ3) is 4.47. The molecule has 0 amide bonds. The number of nitrogens with zero attached hydrogens (tertiary/aromatic N) is 1. The van der Waals surface area contributed by atoms with Crippen LogP contribution < -0.4 is 4.43 Å². The van der Waals surface area contributed by atoms with Crippen LogP contribution in [-0.2, 0) is 4.74 Å².